The van der Waals surface area contributed by atoms with E-state index in [4.69, 9.17) is 15.2 Å². The number of fused-ring (bicyclic) bond motifs is 1. The van der Waals surface area contributed by atoms with Gasteiger partial charge in [0.05, 0.1) is 19.8 Å². The van der Waals surface area contributed by atoms with Crippen LogP contribution in [0.3, 0.4) is 0 Å². The summed E-state index contributed by atoms with van der Waals surface area (Å²) in [7, 11) is 0. The van der Waals surface area contributed by atoms with E-state index >= 15 is 0 Å². The Morgan fingerprint density at radius 2 is 2.00 bits per heavy atom. The Labute approximate surface area is 155 Å². The van der Waals surface area contributed by atoms with Gasteiger partial charge in [-0.3, -0.25) is 9.69 Å². The van der Waals surface area contributed by atoms with E-state index in [-0.39, 0.29) is 0 Å². The number of hydrogen-bond donors (Lipinski definition) is 1. The van der Waals surface area contributed by atoms with E-state index in [0.717, 1.165) is 50.9 Å². The van der Waals surface area contributed by atoms with Gasteiger partial charge in [-0.05, 0) is 49.4 Å². The van der Waals surface area contributed by atoms with E-state index in [1.165, 1.54) is 19.4 Å². The highest BCUT2D eigenvalue weighted by Gasteiger charge is 2.42. The van der Waals surface area contributed by atoms with Gasteiger partial charge in [-0.1, -0.05) is 0 Å². The van der Waals surface area contributed by atoms with Crippen LogP contribution in [0.5, 0.6) is 5.75 Å². The van der Waals surface area contributed by atoms with Crippen LogP contribution in [0.2, 0.25) is 0 Å². The maximum absolute atomic E-state index is 11.1. The summed E-state index contributed by atoms with van der Waals surface area (Å²) < 4.78 is 11.7. The van der Waals surface area contributed by atoms with Gasteiger partial charge in [0, 0.05) is 43.8 Å². The molecule has 3 fully saturated rings. The van der Waals surface area contributed by atoms with Crippen molar-refractivity contribution in [1.29, 1.82) is 0 Å². The van der Waals surface area contributed by atoms with Crippen LogP contribution in [0.4, 0.5) is 0 Å². The molecule has 0 unspecified atom stereocenters. The summed E-state index contributed by atoms with van der Waals surface area (Å²) in [6, 6.07) is 8.24. The van der Waals surface area contributed by atoms with Gasteiger partial charge in [0.25, 0.3) is 0 Å². The topological polar surface area (TPSA) is 68.0 Å². The molecule has 1 aromatic carbocycles. The van der Waals surface area contributed by atoms with Gasteiger partial charge in [0.1, 0.15) is 5.75 Å². The van der Waals surface area contributed by atoms with Gasteiger partial charge >= 0.3 is 0 Å². The highest BCUT2D eigenvalue weighted by molar-refractivity contribution is 5.92. The molecular formula is C20H29N3O3. The number of rotatable bonds is 7. The summed E-state index contributed by atoms with van der Waals surface area (Å²) in [6.45, 7) is 6.97. The van der Waals surface area contributed by atoms with Crippen LogP contribution in [-0.2, 0) is 4.74 Å². The number of primary amides is 1. The Balaban J connectivity index is 1.18. The molecular weight excluding hydrogens is 330 g/mol. The van der Waals surface area contributed by atoms with Crippen LogP contribution in [0.15, 0.2) is 24.3 Å². The number of morpholine rings is 1. The van der Waals surface area contributed by atoms with Gasteiger partial charge in [-0.15, -0.1) is 0 Å². The molecule has 0 radical (unpaired) electrons. The Bertz CT molecular complexity index is 617. The van der Waals surface area contributed by atoms with Gasteiger partial charge in [0.2, 0.25) is 5.91 Å². The predicted molar refractivity (Wildman–Crippen MR) is 99.3 cm³/mol. The third kappa shape index (κ3) is 4.19. The Kier molecular flexibility index (Phi) is 5.43. The van der Waals surface area contributed by atoms with E-state index in [1.807, 2.05) is 0 Å². The summed E-state index contributed by atoms with van der Waals surface area (Å²) in [5.41, 5.74) is 5.75. The molecule has 0 bridgehead atoms. The van der Waals surface area contributed by atoms with Gasteiger partial charge in [-0.2, -0.15) is 0 Å². The fraction of sp³-hybridized carbons (Fsp3) is 0.650. The molecule has 2 atom stereocenters. The number of hydrogen-bond acceptors (Lipinski definition) is 5. The minimum Gasteiger partial charge on any atom is -0.494 e. The molecule has 6 nitrogen and oxygen atoms in total. The molecule has 2 heterocycles. The summed E-state index contributed by atoms with van der Waals surface area (Å²) in [5, 5.41) is 0. The molecule has 0 aromatic heterocycles. The molecule has 142 valence electrons. The van der Waals surface area contributed by atoms with Crippen molar-refractivity contribution in [3.63, 3.8) is 0 Å². The van der Waals surface area contributed by atoms with E-state index < -0.39 is 5.91 Å². The average Bonchev–Trinajstić information content (AvgIpc) is 3.50. The van der Waals surface area contributed by atoms with E-state index in [0.29, 0.717) is 24.3 Å². The molecule has 1 amide bonds. The van der Waals surface area contributed by atoms with Crippen molar-refractivity contribution in [1.82, 2.24) is 9.80 Å². The maximum atomic E-state index is 11.1. The minimum atomic E-state index is -0.411. The lowest BCUT2D eigenvalue weighted by molar-refractivity contribution is -0.0870. The first-order valence-corrected chi connectivity index (χ1v) is 9.79. The number of ether oxygens (including phenoxy) is 2. The number of carbonyl (C=O) groups is 1. The fourth-order valence-corrected chi connectivity index (χ4v) is 4.22. The molecule has 26 heavy (non-hydrogen) atoms. The van der Waals surface area contributed by atoms with Crippen molar-refractivity contribution >= 4 is 5.91 Å². The molecule has 2 N–H and O–H groups in total. The lowest BCUT2D eigenvalue weighted by Crippen LogP contribution is -2.62. The number of piperazine rings is 1. The quantitative estimate of drug-likeness (QED) is 0.745. The Morgan fingerprint density at radius 3 is 2.73 bits per heavy atom. The number of nitrogens with zero attached hydrogens (tertiary/aromatic N) is 2. The third-order valence-corrected chi connectivity index (χ3v) is 5.83. The standard InChI is InChI=1S/C20H29N3O3/c21-20(24)16-4-6-18(7-5-16)26-11-1-8-22-9-10-23-17(12-22)13-25-14-19(23)15-2-3-15/h4-7,15,17,19H,1-3,8-14H2,(H2,21,24)/t17-,19-/m1/s1. The Hall–Kier alpha value is -1.63. The largest absolute Gasteiger partial charge is 0.494 e. The second kappa shape index (κ2) is 7.94. The van der Waals surface area contributed by atoms with Gasteiger partial charge < -0.3 is 20.1 Å². The first kappa shape index (κ1) is 17.8. The molecule has 6 heteroatoms. The maximum Gasteiger partial charge on any atom is 0.248 e. The fourth-order valence-electron chi connectivity index (χ4n) is 4.22. The first-order chi connectivity index (χ1) is 12.7. The summed E-state index contributed by atoms with van der Waals surface area (Å²) in [4.78, 5) is 16.3. The van der Waals surface area contributed by atoms with Crippen molar-refractivity contribution in [2.45, 2.75) is 31.3 Å². The molecule has 4 rings (SSSR count). The number of carbonyl (C=O) groups excluding carboxylic acids is 1. The van der Waals surface area contributed by atoms with Crippen molar-refractivity contribution in [2.75, 3.05) is 46.0 Å². The summed E-state index contributed by atoms with van der Waals surface area (Å²) >= 11 is 0. The second-order valence-electron chi connectivity index (χ2n) is 7.73. The smallest absolute Gasteiger partial charge is 0.248 e. The molecule has 3 aliphatic rings. The number of nitrogens with two attached hydrogens (primary N) is 1. The van der Waals surface area contributed by atoms with E-state index in [2.05, 4.69) is 9.80 Å². The number of benzene rings is 1. The Morgan fingerprint density at radius 1 is 1.19 bits per heavy atom. The van der Waals surface area contributed by atoms with Crippen LogP contribution < -0.4 is 10.5 Å². The lowest BCUT2D eigenvalue weighted by atomic mass is 10.0. The zero-order valence-corrected chi connectivity index (χ0v) is 15.3. The van der Waals surface area contributed by atoms with Crippen LogP contribution in [-0.4, -0.2) is 73.8 Å². The van der Waals surface area contributed by atoms with Crippen molar-refractivity contribution < 1.29 is 14.3 Å². The SMILES string of the molecule is NC(=O)c1ccc(OCCCN2CCN3[C@@H](COC[C@@H]3C3CC3)C2)cc1. The lowest BCUT2D eigenvalue weighted by Gasteiger charge is -2.48. The van der Waals surface area contributed by atoms with Crippen LogP contribution in [0, 0.1) is 5.92 Å². The minimum absolute atomic E-state index is 0.411. The van der Waals surface area contributed by atoms with Crippen molar-refractivity contribution in [3.8, 4) is 5.75 Å². The van der Waals surface area contributed by atoms with Crippen molar-refractivity contribution in [2.24, 2.45) is 11.7 Å². The zero-order valence-electron chi connectivity index (χ0n) is 15.3. The number of amides is 1. The summed E-state index contributed by atoms with van der Waals surface area (Å²) in [6.07, 6.45) is 3.77. The van der Waals surface area contributed by atoms with Crippen molar-refractivity contribution in [3.05, 3.63) is 29.8 Å². The zero-order chi connectivity index (χ0) is 17.9. The first-order valence-electron chi connectivity index (χ1n) is 9.79. The average molecular weight is 359 g/mol. The van der Waals surface area contributed by atoms with Crippen LogP contribution >= 0.6 is 0 Å². The molecule has 1 saturated carbocycles. The third-order valence-electron chi connectivity index (χ3n) is 5.83. The highest BCUT2D eigenvalue weighted by Crippen LogP contribution is 2.38. The monoisotopic (exact) mass is 359 g/mol. The van der Waals surface area contributed by atoms with E-state index in [9.17, 15) is 4.79 Å². The molecule has 2 aliphatic heterocycles. The molecule has 1 aliphatic carbocycles. The van der Waals surface area contributed by atoms with Crippen LogP contribution in [0.25, 0.3) is 0 Å². The molecule has 0 spiro atoms. The van der Waals surface area contributed by atoms with E-state index in [1.54, 1.807) is 24.3 Å². The van der Waals surface area contributed by atoms with Crippen LogP contribution in [0.1, 0.15) is 29.6 Å². The second-order valence-corrected chi connectivity index (χ2v) is 7.73. The van der Waals surface area contributed by atoms with Gasteiger partial charge in [-0.25, -0.2) is 0 Å². The highest BCUT2D eigenvalue weighted by atomic mass is 16.5. The van der Waals surface area contributed by atoms with Gasteiger partial charge in [0.15, 0.2) is 0 Å². The predicted octanol–water partition coefficient (Wildman–Crippen LogP) is 1.35. The normalized spacial score (nSPS) is 27.1. The molecule has 1 aromatic rings. The molecule has 2 saturated heterocycles. The summed E-state index contributed by atoms with van der Waals surface area (Å²) in [5.74, 6) is 1.26.